The number of benzene rings is 1. The van der Waals surface area contributed by atoms with E-state index < -0.39 is 5.60 Å². The molecule has 3 aliphatic heterocycles. The van der Waals surface area contributed by atoms with Crippen LogP contribution < -0.4 is 10.1 Å². The topological polar surface area (TPSA) is 115 Å². The Morgan fingerprint density at radius 3 is 2.67 bits per heavy atom. The van der Waals surface area contributed by atoms with Crippen molar-refractivity contribution in [3.8, 4) is 5.88 Å². The lowest BCUT2D eigenvalue weighted by atomic mass is 9.93. The third kappa shape index (κ3) is 7.57. The summed E-state index contributed by atoms with van der Waals surface area (Å²) in [4.78, 5) is 25.2. The van der Waals surface area contributed by atoms with E-state index in [1.54, 1.807) is 6.07 Å². The van der Waals surface area contributed by atoms with E-state index in [1.807, 2.05) is 70.3 Å². The van der Waals surface area contributed by atoms with E-state index in [2.05, 4.69) is 20.9 Å². The molecular formula is C36H44N6O4. The molecule has 1 aromatic carbocycles. The van der Waals surface area contributed by atoms with Crippen LogP contribution >= 0.6 is 0 Å². The first-order valence-corrected chi connectivity index (χ1v) is 16.2. The predicted molar refractivity (Wildman–Crippen MR) is 178 cm³/mol. The first-order valence-electron chi connectivity index (χ1n) is 16.2. The van der Waals surface area contributed by atoms with Crippen LogP contribution in [0.15, 0.2) is 71.6 Å². The molecule has 0 spiro atoms. The summed E-state index contributed by atoms with van der Waals surface area (Å²) in [5.41, 5.74) is 5.66. The molecule has 46 heavy (non-hydrogen) atoms. The van der Waals surface area contributed by atoms with Gasteiger partial charge in [0.15, 0.2) is 0 Å². The molecular weight excluding hydrogens is 580 g/mol. The van der Waals surface area contributed by atoms with E-state index in [1.165, 1.54) is 6.21 Å². The van der Waals surface area contributed by atoms with Gasteiger partial charge in [-0.2, -0.15) is 0 Å². The van der Waals surface area contributed by atoms with Crippen molar-refractivity contribution in [1.29, 1.82) is 5.41 Å². The Hall–Kier alpha value is -4.28. The fraction of sp³-hybridized carbons (Fsp3) is 0.444. The Kier molecular flexibility index (Phi) is 9.37. The van der Waals surface area contributed by atoms with Crippen molar-refractivity contribution in [1.82, 2.24) is 24.8 Å². The largest absolute Gasteiger partial charge is 0.473 e. The molecule has 10 nitrogen and oxygen atoms in total. The van der Waals surface area contributed by atoms with Crippen molar-refractivity contribution in [2.24, 2.45) is 0 Å². The second-order valence-corrected chi connectivity index (χ2v) is 13.3. The molecule has 1 unspecified atom stereocenters. The molecule has 3 aromatic rings. The van der Waals surface area contributed by atoms with Gasteiger partial charge in [-0.25, -0.2) is 14.8 Å². The minimum Gasteiger partial charge on any atom is -0.473 e. The minimum absolute atomic E-state index is 0.166. The molecule has 2 N–H and O–H groups in total. The third-order valence-corrected chi connectivity index (χ3v) is 8.65. The highest BCUT2D eigenvalue weighted by Crippen LogP contribution is 2.30. The number of nitrogens with zero attached hydrogens (tertiary/aromatic N) is 4. The number of imidazole rings is 1. The normalized spacial score (nSPS) is 20.1. The van der Waals surface area contributed by atoms with E-state index in [0.717, 1.165) is 91.4 Å². The Balaban J connectivity index is 1.10. The van der Waals surface area contributed by atoms with Crippen molar-refractivity contribution >= 4 is 23.2 Å². The van der Waals surface area contributed by atoms with Gasteiger partial charge in [0.25, 0.3) is 0 Å². The number of esters is 1. The van der Waals surface area contributed by atoms with Gasteiger partial charge in [-0.05, 0) is 108 Å². The predicted octanol–water partition coefficient (Wildman–Crippen LogP) is 5.90. The molecule has 5 heterocycles. The lowest BCUT2D eigenvalue weighted by Crippen LogP contribution is -2.35. The molecule has 0 bridgehead atoms. The fourth-order valence-corrected chi connectivity index (χ4v) is 5.98. The van der Waals surface area contributed by atoms with Crippen LogP contribution in [0.5, 0.6) is 5.88 Å². The molecule has 2 aromatic heterocycles. The summed E-state index contributed by atoms with van der Waals surface area (Å²) in [6.45, 7) is 12.1. The van der Waals surface area contributed by atoms with Crippen LogP contribution in [0, 0.1) is 5.41 Å². The molecule has 0 aliphatic carbocycles. The van der Waals surface area contributed by atoms with E-state index in [-0.39, 0.29) is 12.1 Å². The number of dihydropyridines is 1. The monoisotopic (exact) mass is 624 g/mol. The quantitative estimate of drug-likeness (QED) is 0.212. The number of pyridine rings is 1. The van der Waals surface area contributed by atoms with Crippen molar-refractivity contribution in [3.05, 3.63) is 88.7 Å². The van der Waals surface area contributed by atoms with Gasteiger partial charge in [0, 0.05) is 42.4 Å². The zero-order valence-corrected chi connectivity index (χ0v) is 27.2. The molecule has 2 saturated heterocycles. The summed E-state index contributed by atoms with van der Waals surface area (Å²) >= 11 is 0. The zero-order chi connectivity index (χ0) is 32.3. The molecule has 1 atom stereocenters. The number of ether oxygens (including phenoxy) is 3. The van der Waals surface area contributed by atoms with Gasteiger partial charge in [-0.3, -0.25) is 4.90 Å². The first kappa shape index (κ1) is 31.7. The lowest BCUT2D eigenvalue weighted by molar-refractivity contribution is -0.0592. The highest BCUT2D eigenvalue weighted by Gasteiger charge is 2.27. The van der Waals surface area contributed by atoms with Crippen molar-refractivity contribution in [3.63, 3.8) is 0 Å². The lowest BCUT2D eigenvalue weighted by Gasteiger charge is -2.32. The van der Waals surface area contributed by atoms with E-state index in [4.69, 9.17) is 29.6 Å². The second-order valence-electron chi connectivity index (χ2n) is 13.3. The molecule has 3 aliphatic rings. The average Bonchev–Trinajstić information content (AvgIpc) is 3.36. The van der Waals surface area contributed by atoms with E-state index in [0.29, 0.717) is 24.0 Å². The molecule has 0 radical (unpaired) electrons. The Morgan fingerprint density at radius 1 is 1.15 bits per heavy atom. The van der Waals surface area contributed by atoms with Gasteiger partial charge in [0.05, 0.1) is 35.8 Å². The molecule has 0 saturated carbocycles. The number of hydrogen-bond acceptors (Lipinski definition) is 9. The Bertz CT molecular complexity index is 1690. The molecule has 6 rings (SSSR count). The summed E-state index contributed by atoms with van der Waals surface area (Å²) in [6, 6.07) is 11.7. The molecule has 0 amide bonds. The minimum atomic E-state index is -0.557. The average molecular weight is 625 g/mol. The Morgan fingerprint density at radius 2 is 1.96 bits per heavy atom. The highest BCUT2D eigenvalue weighted by atomic mass is 16.6. The maximum atomic E-state index is 12.8. The second kappa shape index (κ2) is 13.6. The van der Waals surface area contributed by atoms with Crippen molar-refractivity contribution < 1.29 is 19.0 Å². The number of hydrogen-bond donors (Lipinski definition) is 2. The number of likely N-dealkylation sites (tertiary alicyclic amines) is 1. The maximum absolute atomic E-state index is 12.8. The Labute approximate surface area is 270 Å². The summed E-state index contributed by atoms with van der Waals surface area (Å²) in [5, 5.41) is 10.7. The van der Waals surface area contributed by atoms with Crippen LogP contribution in [0.4, 0.5) is 0 Å². The van der Waals surface area contributed by atoms with E-state index >= 15 is 0 Å². The number of aromatic nitrogens is 3. The fourth-order valence-electron chi connectivity index (χ4n) is 5.98. The zero-order valence-electron chi connectivity index (χ0n) is 27.2. The van der Waals surface area contributed by atoms with Crippen molar-refractivity contribution in [2.75, 3.05) is 26.3 Å². The number of rotatable bonds is 10. The van der Waals surface area contributed by atoms with E-state index in [9.17, 15) is 4.79 Å². The van der Waals surface area contributed by atoms with Crippen LogP contribution in [0.2, 0.25) is 0 Å². The summed E-state index contributed by atoms with van der Waals surface area (Å²) in [6.07, 6.45) is 10.4. The number of piperidine rings is 1. The van der Waals surface area contributed by atoms with Gasteiger partial charge >= 0.3 is 5.97 Å². The number of carbonyl (C=O) groups excluding carboxylic acids is 1. The molecule has 2 fully saturated rings. The maximum Gasteiger partial charge on any atom is 0.338 e. The SMILES string of the molecule is C/C(C=N)=C1\C=C(COc2cccc(C3CCN(Cc4nc5ccc(C(=O)OC(C)(C)C)cc5n4CC4CCO4)CC3)n2)C=CN1. The highest BCUT2D eigenvalue weighted by molar-refractivity contribution is 5.94. The first-order chi connectivity index (χ1) is 22.1. The van der Waals surface area contributed by atoms with Crippen LogP contribution in [-0.4, -0.2) is 69.6 Å². The number of nitrogens with one attached hydrogen (secondary N) is 2. The molecule has 242 valence electrons. The summed E-state index contributed by atoms with van der Waals surface area (Å²) in [7, 11) is 0. The van der Waals surface area contributed by atoms with Gasteiger partial charge < -0.3 is 29.5 Å². The standard InChI is InChI=1S/C36H44N6O4/c1-24(20-37)31-18-25(10-14-38-31)23-45-34-7-5-6-29(40-34)26-11-15-41(16-12-26)22-33-39-30-9-8-27(35(43)46-36(2,3)4)19-32(30)42(33)21-28-13-17-44-28/h5-10,14,18-20,26,28,37-38H,11-13,15-17,21-23H2,1-4H3/b31-24-,37-20?. The van der Waals surface area contributed by atoms with Crippen LogP contribution in [0.1, 0.15) is 74.8 Å². The number of carbonyl (C=O) groups is 1. The van der Waals surface area contributed by atoms with Gasteiger partial charge in [-0.1, -0.05) is 6.07 Å². The van der Waals surface area contributed by atoms with Crippen molar-refractivity contribution in [2.45, 2.75) is 77.7 Å². The van der Waals surface area contributed by atoms with Gasteiger partial charge in [0.2, 0.25) is 5.88 Å². The summed E-state index contributed by atoms with van der Waals surface area (Å²) in [5.74, 6) is 1.66. The summed E-state index contributed by atoms with van der Waals surface area (Å²) < 4.78 is 19.7. The third-order valence-electron chi connectivity index (χ3n) is 8.65. The van der Waals surface area contributed by atoms with Crippen LogP contribution in [0.25, 0.3) is 11.0 Å². The van der Waals surface area contributed by atoms with Crippen LogP contribution in [-0.2, 0) is 22.6 Å². The number of fused-ring (bicyclic) bond motifs is 1. The van der Waals surface area contributed by atoms with Gasteiger partial charge in [0.1, 0.15) is 18.0 Å². The number of allylic oxidation sites excluding steroid dienone is 2. The molecule has 10 heteroatoms. The smallest absolute Gasteiger partial charge is 0.338 e. The van der Waals surface area contributed by atoms with Crippen LogP contribution in [0.3, 0.4) is 0 Å². The van der Waals surface area contributed by atoms with Gasteiger partial charge in [-0.15, -0.1) is 0 Å².